The van der Waals surface area contributed by atoms with Gasteiger partial charge in [0.1, 0.15) is 29.1 Å². The zero-order valence-corrected chi connectivity index (χ0v) is 29.3. The SMILES string of the molecule is COc1ccc2nc3c(nc2c1)O[C@H]1CN(C(=O)[C@H](C(C)(C)C)CC(=O)O[C@]2(C)C[C@H]2CC/C=C/C3(F)F)[C@H](C(=O)OC(C)(C)C)[C@@H]1C. The van der Waals surface area contributed by atoms with Gasteiger partial charge in [-0.15, -0.1) is 0 Å². The van der Waals surface area contributed by atoms with Gasteiger partial charge < -0.3 is 23.8 Å². The van der Waals surface area contributed by atoms with Gasteiger partial charge in [-0.3, -0.25) is 9.59 Å². The minimum Gasteiger partial charge on any atom is -0.497 e. The Balaban J connectivity index is 1.63. The molecule has 0 N–H and O–H groups in total. The summed E-state index contributed by atoms with van der Waals surface area (Å²) < 4.78 is 55.3. The van der Waals surface area contributed by atoms with Crippen LogP contribution in [0.25, 0.3) is 11.0 Å². The Kier molecular flexibility index (Phi) is 9.29. The van der Waals surface area contributed by atoms with Gasteiger partial charge in [-0.2, -0.15) is 8.78 Å². The highest BCUT2D eigenvalue weighted by atomic mass is 19.3. The normalized spacial score (nSPS) is 30.2. The third-order valence-electron chi connectivity index (χ3n) is 9.57. The first kappa shape index (κ1) is 35.5. The molecule has 2 aliphatic heterocycles. The molecule has 2 bridgehead atoms. The molecular formula is C36H47F2N3O7. The molecular weight excluding hydrogens is 624 g/mol. The van der Waals surface area contributed by atoms with Crippen molar-refractivity contribution in [2.45, 2.75) is 110 Å². The number of amides is 1. The van der Waals surface area contributed by atoms with Gasteiger partial charge >= 0.3 is 17.9 Å². The van der Waals surface area contributed by atoms with E-state index >= 15 is 8.78 Å². The lowest BCUT2D eigenvalue weighted by Gasteiger charge is -2.35. The number of halogens is 2. The van der Waals surface area contributed by atoms with Gasteiger partial charge in [0.25, 0.3) is 0 Å². The standard InChI is InChI=1S/C36H47F2N3O7/c1-20-26-19-41(28(20)32(44)48-34(5,6)7)31(43)23(33(2,3)4)17-27(42)47-35(8)18-21(35)12-10-11-15-36(37,38)29-30(46-26)40-25-16-22(45-9)13-14-24(25)39-29/h11,13-16,20-21,23,26,28H,10,12,17-19H2,1-9H3/b15-11+/t20-,21-,23-,26+,28+,35-/m1/s1. The molecule has 2 aromatic rings. The van der Waals surface area contributed by atoms with Crippen molar-refractivity contribution in [3.05, 3.63) is 36.0 Å². The molecule has 1 aliphatic carbocycles. The second kappa shape index (κ2) is 12.6. The van der Waals surface area contributed by atoms with Crippen molar-refractivity contribution in [1.29, 1.82) is 0 Å². The molecule has 6 atom stereocenters. The Morgan fingerprint density at radius 3 is 2.44 bits per heavy atom. The molecule has 1 aromatic carbocycles. The quantitative estimate of drug-likeness (QED) is 0.265. The van der Waals surface area contributed by atoms with Gasteiger partial charge in [-0.25, -0.2) is 14.8 Å². The van der Waals surface area contributed by atoms with Crippen molar-refractivity contribution in [1.82, 2.24) is 14.9 Å². The summed E-state index contributed by atoms with van der Waals surface area (Å²) in [5.74, 6) is -6.71. The third-order valence-corrected chi connectivity index (χ3v) is 9.57. The smallest absolute Gasteiger partial charge is 0.329 e. The van der Waals surface area contributed by atoms with Crippen LogP contribution in [-0.4, -0.2) is 69.7 Å². The zero-order valence-electron chi connectivity index (χ0n) is 29.3. The molecule has 2 fully saturated rings. The number of nitrogens with zero attached hydrogens (tertiary/aromatic N) is 3. The number of carbonyl (C=O) groups is 3. The lowest BCUT2D eigenvalue weighted by Crippen LogP contribution is -2.50. The minimum absolute atomic E-state index is 0.00605. The maximum Gasteiger partial charge on any atom is 0.329 e. The van der Waals surface area contributed by atoms with Gasteiger partial charge in [0.05, 0.1) is 37.0 Å². The largest absolute Gasteiger partial charge is 0.497 e. The number of rotatable bonds is 2. The molecule has 0 radical (unpaired) electrons. The number of aromatic nitrogens is 2. The van der Waals surface area contributed by atoms with E-state index in [-0.39, 0.29) is 29.9 Å². The van der Waals surface area contributed by atoms with E-state index in [0.717, 1.165) is 6.08 Å². The third kappa shape index (κ3) is 7.42. The lowest BCUT2D eigenvalue weighted by molar-refractivity contribution is -0.167. The molecule has 3 heterocycles. The predicted octanol–water partition coefficient (Wildman–Crippen LogP) is 6.39. The predicted molar refractivity (Wildman–Crippen MR) is 173 cm³/mol. The van der Waals surface area contributed by atoms with Gasteiger partial charge in [-0.1, -0.05) is 33.8 Å². The molecule has 262 valence electrons. The second-order valence-electron chi connectivity index (χ2n) is 15.6. The summed E-state index contributed by atoms with van der Waals surface area (Å²) in [6.45, 7) is 14.1. The molecule has 1 saturated carbocycles. The lowest BCUT2D eigenvalue weighted by atomic mass is 9.77. The van der Waals surface area contributed by atoms with Crippen LogP contribution in [0.1, 0.15) is 86.8 Å². The average molecular weight is 672 g/mol. The summed E-state index contributed by atoms with van der Waals surface area (Å²) in [4.78, 5) is 51.7. The van der Waals surface area contributed by atoms with Crippen molar-refractivity contribution in [3.8, 4) is 11.6 Å². The molecule has 1 aromatic heterocycles. The van der Waals surface area contributed by atoms with E-state index in [1.54, 1.807) is 45.9 Å². The zero-order chi connectivity index (χ0) is 35.4. The van der Waals surface area contributed by atoms with Gasteiger partial charge in [0.2, 0.25) is 11.8 Å². The number of hydrogen-bond acceptors (Lipinski definition) is 9. The van der Waals surface area contributed by atoms with E-state index in [1.807, 2.05) is 27.7 Å². The maximum atomic E-state index is 16.0. The van der Waals surface area contributed by atoms with Crippen LogP contribution < -0.4 is 9.47 Å². The van der Waals surface area contributed by atoms with Crippen LogP contribution in [-0.2, 0) is 29.8 Å². The number of fused-ring (bicyclic) bond motifs is 5. The first-order valence-corrected chi connectivity index (χ1v) is 16.6. The van der Waals surface area contributed by atoms with Crippen LogP contribution >= 0.6 is 0 Å². The van der Waals surface area contributed by atoms with Crippen LogP contribution in [0.5, 0.6) is 11.6 Å². The Hall–Kier alpha value is -3.83. The number of esters is 2. The summed E-state index contributed by atoms with van der Waals surface area (Å²) in [6, 6.07) is 3.61. The number of allylic oxidation sites excluding steroid dienone is 2. The van der Waals surface area contributed by atoms with Crippen molar-refractivity contribution in [2.75, 3.05) is 13.7 Å². The highest BCUT2D eigenvalue weighted by molar-refractivity contribution is 5.90. The molecule has 1 saturated heterocycles. The molecule has 48 heavy (non-hydrogen) atoms. The molecule has 0 unspecified atom stereocenters. The van der Waals surface area contributed by atoms with E-state index in [9.17, 15) is 14.4 Å². The first-order chi connectivity index (χ1) is 22.2. The van der Waals surface area contributed by atoms with Crippen molar-refractivity contribution < 1.29 is 42.1 Å². The number of methoxy groups -OCH3 is 1. The summed E-state index contributed by atoms with van der Waals surface area (Å²) in [5, 5.41) is 0. The van der Waals surface area contributed by atoms with Crippen LogP contribution in [0.2, 0.25) is 0 Å². The number of carbonyl (C=O) groups excluding carboxylic acids is 3. The molecule has 12 heteroatoms. The number of alkyl halides is 2. The van der Waals surface area contributed by atoms with E-state index in [2.05, 4.69) is 9.97 Å². The van der Waals surface area contributed by atoms with Crippen molar-refractivity contribution >= 4 is 28.9 Å². The van der Waals surface area contributed by atoms with Crippen molar-refractivity contribution in [3.63, 3.8) is 0 Å². The van der Waals surface area contributed by atoms with Gasteiger partial charge in [0, 0.05) is 17.9 Å². The van der Waals surface area contributed by atoms with Crippen LogP contribution in [0.4, 0.5) is 8.78 Å². The monoisotopic (exact) mass is 671 g/mol. The van der Waals surface area contributed by atoms with E-state index in [1.165, 1.54) is 18.1 Å². The fourth-order valence-electron chi connectivity index (χ4n) is 6.63. The summed E-state index contributed by atoms with van der Waals surface area (Å²) in [6.07, 6.45) is 2.53. The number of hydrogen-bond donors (Lipinski definition) is 0. The molecule has 3 aliphatic rings. The van der Waals surface area contributed by atoms with Crippen LogP contribution in [0.3, 0.4) is 0 Å². The van der Waals surface area contributed by atoms with Crippen LogP contribution in [0.15, 0.2) is 30.4 Å². The summed E-state index contributed by atoms with van der Waals surface area (Å²) in [7, 11) is 1.48. The summed E-state index contributed by atoms with van der Waals surface area (Å²) >= 11 is 0. The van der Waals surface area contributed by atoms with E-state index < -0.39 is 75.9 Å². The van der Waals surface area contributed by atoms with E-state index in [4.69, 9.17) is 18.9 Å². The topological polar surface area (TPSA) is 117 Å². The fraction of sp³-hybridized carbons (Fsp3) is 0.639. The second-order valence-corrected chi connectivity index (χ2v) is 15.6. The highest BCUT2D eigenvalue weighted by Gasteiger charge is 2.55. The molecule has 10 nitrogen and oxygen atoms in total. The first-order valence-electron chi connectivity index (χ1n) is 16.6. The van der Waals surface area contributed by atoms with Gasteiger partial charge in [0.15, 0.2) is 5.69 Å². The highest BCUT2D eigenvalue weighted by Crippen LogP contribution is 2.50. The Bertz CT molecular complexity index is 1610. The minimum atomic E-state index is -3.57. The number of ether oxygens (including phenoxy) is 4. The Labute approximate surface area is 280 Å². The molecule has 5 rings (SSSR count). The Morgan fingerprint density at radius 1 is 1.08 bits per heavy atom. The van der Waals surface area contributed by atoms with Crippen molar-refractivity contribution in [2.24, 2.45) is 23.2 Å². The van der Waals surface area contributed by atoms with E-state index in [0.29, 0.717) is 25.0 Å². The number of benzene rings is 1. The summed E-state index contributed by atoms with van der Waals surface area (Å²) in [5.41, 5.74) is -2.48. The average Bonchev–Trinajstić information content (AvgIpc) is 3.48. The fourth-order valence-corrected chi connectivity index (χ4v) is 6.63. The Morgan fingerprint density at radius 2 is 1.79 bits per heavy atom. The van der Waals surface area contributed by atoms with Crippen LogP contribution in [0, 0.1) is 23.2 Å². The molecule has 1 amide bonds. The molecule has 0 spiro atoms. The van der Waals surface area contributed by atoms with Gasteiger partial charge in [-0.05, 0) is 70.6 Å². The maximum absolute atomic E-state index is 16.0.